The molecule has 1 fully saturated rings. The molecule has 0 unspecified atom stereocenters. The van der Waals surface area contributed by atoms with Gasteiger partial charge in [-0.15, -0.1) is 0 Å². The normalized spacial score (nSPS) is 19.4. The molecule has 3 rings (SSSR count). The molecule has 0 N–H and O–H groups in total. The number of nitriles is 1. The maximum absolute atomic E-state index is 14.5. The molecule has 2 aromatic carbocycles. The van der Waals surface area contributed by atoms with E-state index in [2.05, 4.69) is 19.1 Å². The van der Waals surface area contributed by atoms with Gasteiger partial charge in [-0.1, -0.05) is 48.6 Å². The molecule has 0 aliphatic heterocycles. The number of benzene rings is 2. The molecule has 1 aliphatic carbocycles. The van der Waals surface area contributed by atoms with Crippen LogP contribution in [0, 0.1) is 17.2 Å². The van der Waals surface area contributed by atoms with Crippen LogP contribution in [0.3, 0.4) is 0 Å². The highest BCUT2D eigenvalue weighted by Gasteiger charge is 2.33. The fourth-order valence-corrected chi connectivity index (χ4v) is 4.36. The molecule has 4 heteroatoms. The van der Waals surface area contributed by atoms with Crippen molar-refractivity contribution in [2.24, 2.45) is 5.92 Å². The Kier molecular flexibility index (Phi) is 8.37. The summed E-state index contributed by atoms with van der Waals surface area (Å²) in [6, 6.07) is 15.7. The van der Waals surface area contributed by atoms with Crippen LogP contribution in [0.5, 0.6) is 0 Å². The number of hydrogen-bond acceptors (Lipinski definition) is 2. The van der Waals surface area contributed by atoms with E-state index in [0.717, 1.165) is 36.3 Å². The van der Waals surface area contributed by atoms with Crippen LogP contribution in [0.15, 0.2) is 60.7 Å². The van der Waals surface area contributed by atoms with E-state index in [-0.39, 0.29) is 12.2 Å². The van der Waals surface area contributed by atoms with E-state index in [0.29, 0.717) is 17.9 Å². The van der Waals surface area contributed by atoms with Gasteiger partial charge in [0.25, 0.3) is 0 Å². The van der Waals surface area contributed by atoms with Gasteiger partial charge in [-0.2, -0.15) is 14.0 Å². The van der Waals surface area contributed by atoms with Crippen molar-refractivity contribution in [1.82, 2.24) is 0 Å². The first-order chi connectivity index (χ1) is 15.0. The van der Waals surface area contributed by atoms with Crippen LogP contribution in [0.2, 0.25) is 0 Å². The summed E-state index contributed by atoms with van der Waals surface area (Å²) in [7, 11) is 0. The van der Waals surface area contributed by atoms with Gasteiger partial charge < -0.3 is 4.74 Å². The van der Waals surface area contributed by atoms with Crippen LogP contribution >= 0.6 is 0 Å². The van der Waals surface area contributed by atoms with Crippen LogP contribution in [-0.4, -0.2) is 6.61 Å². The van der Waals surface area contributed by atoms with Crippen molar-refractivity contribution >= 4 is 0 Å². The summed E-state index contributed by atoms with van der Waals surface area (Å²) in [5, 5.41) is 8.82. The Morgan fingerprint density at radius 1 is 1.03 bits per heavy atom. The third-order valence-electron chi connectivity index (χ3n) is 6.30. The van der Waals surface area contributed by atoms with Gasteiger partial charge in [-0.3, -0.25) is 0 Å². The summed E-state index contributed by atoms with van der Waals surface area (Å²) < 4.78 is 33.9. The second-order valence-electron chi connectivity index (χ2n) is 8.41. The SMILES string of the molecule is C/C=C/CC[C@H]1CC[C@H](c2ccc(C(F)(F)OCCc3ccc(C#N)cc3)cc2)CC1. The lowest BCUT2D eigenvalue weighted by molar-refractivity contribution is -0.248. The van der Waals surface area contributed by atoms with Gasteiger partial charge in [0, 0.05) is 0 Å². The van der Waals surface area contributed by atoms with Crippen molar-refractivity contribution < 1.29 is 13.5 Å². The number of alkyl halides is 2. The lowest BCUT2D eigenvalue weighted by Gasteiger charge is -2.29. The van der Waals surface area contributed by atoms with Crippen molar-refractivity contribution in [2.75, 3.05) is 6.61 Å². The van der Waals surface area contributed by atoms with Crippen LogP contribution < -0.4 is 0 Å². The van der Waals surface area contributed by atoms with Gasteiger partial charge in [-0.25, -0.2) is 0 Å². The van der Waals surface area contributed by atoms with Crippen LogP contribution in [-0.2, 0) is 17.3 Å². The molecule has 0 radical (unpaired) electrons. The molecule has 0 atom stereocenters. The van der Waals surface area contributed by atoms with Crippen molar-refractivity contribution in [3.8, 4) is 6.07 Å². The molecular formula is C27H31F2NO. The number of allylic oxidation sites excluding steroid dienone is 2. The molecule has 1 aliphatic rings. The summed E-state index contributed by atoms with van der Waals surface area (Å²) in [5.41, 5.74) is 2.48. The van der Waals surface area contributed by atoms with Gasteiger partial charge in [0.1, 0.15) is 0 Å². The topological polar surface area (TPSA) is 33.0 Å². The Hall–Kier alpha value is -2.51. The van der Waals surface area contributed by atoms with E-state index in [4.69, 9.17) is 10.00 Å². The summed E-state index contributed by atoms with van der Waals surface area (Å²) in [5.74, 6) is 1.26. The quantitative estimate of drug-likeness (QED) is 0.391. The predicted molar refractivity (Wildman–Crippen MR) is 120 cm³/mol. The maximum atomic E-state index is 14.5. The van der Waals surface area contributed by atoms with Gasteiger partial charge >= 0.3 is 6.11 Å². The summed E-state index contributed by atoms with van der Waals surface area (Å²) in [6.45, 7) is 1.97. The minimum Gasteiger partial charge on any atom is -0.316 e. The zero-order valence-corrected chi connectivity index (χ0v) is 18.2. The van der Waals surface area contributed by atoms with Gasteiger partial charge in [0.2, 0.25) is 0 Å². The Labute approximate surface area is 184 Å². The van der Waals surface area contributed by atoms with Crippen molar-refractivity contribution in [3.63, 3.8) is 0 Å². The van der Waals surface area contributed by atoms with E-state index in [1.165, 1.54) is 31.4 Å². The lowest BCUT2D eigenvalue weighted by Crippen LogP contribution is -2.20. The summed E-state index contributed by atoms with van der Waals surface area (Å²) >= 11 is 0. The second kappa shape index (κ2) is 11.2. The van der Waals surface area contributed by atoms with Crippen LogP contribution in [0.4, 0.5) is 8.78 Å². The molecule has 0 spiro atoms. The first kappa shape index (κ1) is 23.2. The van der Waals surface area contributed by atoms with E-state index < -0.39 is 6.11 Å². The number of halogens is 2. The van der Waals surface area contributed by atoms with Gasteiger partial charge in [-0.05, 0) is 87.0 Å². The third kappa shape index (κ3) is 6.74. The first-order valence-corrected chi connectivity index (χ1v) is 11.2. The molecule has 0 bridgehead atoms. The molecule has 31 heavy (non-hydrogen) atoms. The highest BCUT2D eigenvalue weighted by atomic mass is 19.3. The van der Waals surface area contributed by atoms with Crippen LogP contribution in [0.1, 0.15) is 73.6 Å². The molecular weight excluding hydrogens is 392 g/mol. The second-order valence-corrected chi connectivity index (χ2v) is 8.41. The molecule has 0 heterocycles. The Morgan fingerprint density at radius 2 is 1.71 bits per heavy atom. The van der Waals surface area contributed by atoms with Crippen molar-refractivity contribution in [2.45, 2.75) is 63.9 Å². The number of hydrogen-bond donors (Lipinski definition) is 0. The van der Waals surface area contributed by atoms with E-state index in [9.17, 15) is 8.78 Å². The molecule has 0 amide bonds. The Balaban J connectivity index is 1.48. The highest BCUT2D eigenvalue weighted by molar-refractivity contribution is 5.31. The number of rotatable bonds is 9. The average molecular weight is 424 g/mol. The highest BCUT2D eigenvalue weighted by Crippen LogP contribution is 2.38. The van der Waals surface area contributed by atoms with Crippen LogP contribution in [0.25, 0.3) is 0 Å². The number of nitrogens with zero attached hydrogens (tertiary/aromatic N) is 1. The monoisotopic (exact) mass is 423 g/mol. The Morgan fingerprint density at radius 3 is 2.32 bits per heavy atom. The molecule has 0 saturated heterocycles. The molecule has 2 aromatic rings. The molecule has 164 valence electrons. The fourth-order valence-electron chi connectivity index (χ4n) is 4.36. The lowest BCUT2D eigenvalue weighted by atomic mass is 9.77. The summed E-state index contributed by atoms with van der Waals surface area (Å²) in [6.07, 6.45) is 8.53. The molecule has 1 saturated carbocycles. The van der Waals surface area contributed by atoms with E-state index in [1.54, 1.807) is 24.3 Å². The molecule has 0 aromatic heterocycles. The van der Waals surface area contributed by atoms with Crippen molar-refractivity contribution in [3.05, 3.63) is 82.9 Å². The van der Waals surface area contributed by atoms with Crippen molar-refractivity contribution in [1.29, 1.82) is 5.26 Å². The standard InChI is InChI=1S/C27H31F2NO/c1-2-3-4-5-21-10-12-24(13-11-21)25-14-16-26(17-15-25)27(28,29)31-19-18-22-6-8-23(20-30)9-7-22/h2-3,6-9,14-17,21,24H,4-5,10-13,18-19H2,1H3/b3-2+/t21-,24-. The smallest absolute Gasteiger partial charge is 0.316 e. The van der Waals surface area contributed by atoms with Gasteiger partial charge in [0.15, 0.2) is 0 Å². The number of ether oxygens (including phenoxy) is 1. The summed E-state index contributed by atoms with van der Waals surface area (Å²) in [4.78, 5) is 0. The zero-order chi connectivity index (χ0) is 22.1. The average Bonchev–Trinajstić information content (AvgIpc) is 2.80. The Bertz CT molecular complexity index is 873. The van der Waals surface area contributed by atoms with E-state index >= 15 is 0 Å². The minimum absolute atomic E-state index is 0.0854. The largest absolute Gasteiger partial charge is 0.383 e. The molecule has 2 nitrogen and oxygen atoms in total. The van der Waals surface area contributed by atoms with E-state index in [1.807, 2.05) is 18.2 Å². The fraction of sp³-hybridized carbons (Fsp3) is 0.444. The maximum Gasteiger partial charge on any atom is 0.383 e. The zero-order valence-electron chi connectivity index (χ0n) is 18.2. The third-order valence-corrected chi connectivity index (χ3v) is 6.30. The minimum atomic E-state index is -3.31. The predicted octanol–water partition coefficient (Wildman–Crippen LogP) is 7.50. The van der Waals surface area contributed by atoms with Gasteiger partial charge in [0.05, 0.1) is 23.8 Å². The first-order valence-electron chi connectivity index (χ1n) is 11.2.